The third-order valence-corrected chi connectivity index (χ3v) is 4.26. The first-order valence-corrected chi connectivity index (χ1v) is 8.02. The first-order valence-electron chi connectivity index (χ1n) is 8.02. The normalized spacial score (nSPS) is 32.2. The number of hydrogen-bond donors (Lipinski definition) is 0. The molecule has 5 atom stereocenters. The van der Waals surface area contributed by atoms with Crippen LogP contribution in [0.1, 0.15) is 58.8 Å². The fourth-order valence-electron chi connectivity index (χ4n) is 2.95. The molecule has 1 saturated carbocycles. The Morgan fingerprint density at radius 2 is 1.70 bits per heavy atom. The van der Waals surface area contributed by atoms with Gasteiger partial charge in [0.25, 0.3) is 0 Å². The molecule has 0 bridgehead atoms. The van der Waals surface area contributed by atoms with Gasteiger partial charge in [-0.15, -0.1) is 0 Å². The minimum atomic E-state index is -1.55. The molecule has 0 N–H and O–H groups in total. The van der Waals surface area contributed by atoms with E-state index in [0.29, 0.717) is 19.4 Å². The second-order valence-electron chi connectivity index (χ2n) is 6.04. The van der Waals surface area contributed by atoms with Crippen molar-refractivity contribution in [2.75, 3.05) is 13.7 Å². The third-order valence-electron chi connectivity index (χ3n) is 4.26. The van der Waals surface area contributed by atoms with Gasteiger partial charge in [0.15, 0.2) is 12.3 Å². The van der Waals surface area contributed by atoms with Crippen LogP contribution in [-0.2, 0) is 9.47 Å². The van der Waals surface area contributed by atoms with E-state index in [1.165, 1.54) is 26.4 Å². The topological polar surface area (TPSA) is 18.5 Å². The predicted octanol–water partition coefficient (Wildman–Crippen LogP) is 4.46. The summed E-state index contributed by atoms with van der Waals surface area (Å²) >= 11 is 0. The molecule has 0 amide bonds. The van der Waals surface area contributed by atoms with Crippen molar-refractivity contribution in [1.29, 1.82) is 0 Å². The van der Waals surface area contributed by atoms with Crippen molar-refractivity contribution in [3.63, 3.8) is 0 Å². The monoisotopic (exact) mass is 292 g/mol. The molecule has 1 fully saturated rings. The smallest absolute Gasteiger partial charge is 0.160 e. The van der Waals surface area contributed by atoms with E-state index in [4.69, 9.17) is 9.47 Å². The highest BCUT2D eigenvalue weighted by Crippen LogP contribution is 2.29. The molecule has 2 nitrogen and oxygen atoms in total. The van der Waals surface area contributed by atoms with Crippen molar-refractivity contribution in [3.8, 4) is 0 Å². The van der Waals surface area contributed by atoms with Gasteiger partial charge >= 0.3 is 0 Å². The minimum Gasteiger partial charge on any atom is -0.378 e. The summed E-state index contributed by atoms with van der Waals surface area (Å²) in [6.45, 7) is 5.00. The van der Waals surface area contributed by atoms with Gasteiger partial charge in [0.05, 0.1) is 12.2 Å². The van der Waals surface area contributed by atoms with Crippen LogP contribution in [0.3, 0.4) is 0 Å². The van der Waals surface area contributed by atoms with E-state index in [9.17, 15) is 8.78 Å². The molecule has 0 spiro atoms. The van der Waals surface area contributed by atoms with Gasteiger partial charge < -0.3 is 9.47 Å². The Morgan fingerprint density at radius 3 is 2.35 bits per heavy atom. The van der Waals surface area contributed by atoms with E-state index < -0.39 is 24.6 Å². The SMILES string of the molecule is CCCC(C)CCCCOC1CCC(OC)C(F)C1F. The minimum absolute atomic E-state index is 0.536. The van der Waals surface area contributed by atoms with Crippen LogP contribution in [0.25, 0.3) is 0 Å². The van der Waals surface area contributed by atoms with Crippen molar-refractivity contribution < 1.29 is 18.3 Å². The van der Waals surface area contributed by atoms with E-state index in [1.807, 2.05) is 0 Å². The lowest BCUT2D eigenvalue weighted by molar-refractivity contribution is -0.108. The standard InChI is InChI=1S/C16H30F2O2/c1-4-7-12(2)8-5-6-11-20-14-10-9-13(19-3)15(17)16(14)18/h12-16H,4-11H2,1-3H3. The summed E-state index contributed by atoms with van der Waals surface area (Å²) in [7, 11) is 1.43. The second-order valence-corrected chi connectivity index (χ2v) is 6.04. The lowest BCUT2D eigenvalue weighted by atomic mass is 9.91. The summed E-state index contributed by atoms with van der Waals surface area (Å²) < 4.78 is 38.0. The highest BCUT2D eigenvalue weighted by molar-refractivity contribution is 4.89. The van der Waals surface area contributed by atoms with Crippen LogP contribution in [0.4, 0.5) is 8.78 Å². The number of methoxy groups -OCH3 is 1. The summed E-state index contributed by atoms with van der Waals surface area (Å²) in [5, 5.41) is 0. The zero-order valence-electron chi connectivity index (χ0n) is 13.1. The Hall–Kier alpha value is -0.220. The molecule has 0 aromatic carbocycles. The van der Waals surface area contributed by atoms with Gasteiger partial charge in [-0.1, -0.05) is 39.5 Å². The van der Waals surface area contributed by atoms with Crippen LogP contribution in [0.2, 0.25) is 0 Å². The molecule has 1 aliphatic carbocycles. The summed E-state index contributed by atoms with van der Waals surface area (Å²) in [6.07, 6.45) is 2.49. The number of alkyl halides is 2. The zero-order chi connectivity index (χ0) is 15.0. The molecular formula is C16H30F2O2. The highest BCUT2D eigenvalue weighted by atomic mass is 19.2. The molecule has 20 heavy (non-hydrogen) atoms. The molecule has 0 radical (unpaired) electrons. The van der Waals surface area contributed by atoms with E-state index in [1.54, 1.807) is 0 Å². The third kappa shape index (κ3) is 5.65. The van der Waals surface area contributed by atoms with E-state index >= 15 is 0 Å². The quantitative estimate of drug-likeness (QED) is 0.584. The van der Waals surface area contributed by atoms with Gasteiger partial charge in [0, 0.05) is 13.7 Å². The summed E-state index contributed by atoms with van der Waals surface area (Å²) in [5.41, 5.74) is 0. The van der Waals surface area contributed by atoms with Crippen molar-refractivity contribution in [3.05, 3.63) is 0 Å². The number of rotatable bonds is 9. The molecule has 5 unspecified atom stereocenters. The number of unbranched alkanes of at least 4 members (excludes halogenated alkanes) is 1. The van der Waals surface area contributed by atoms with Gasteiger partial charge in [-0.2, -0.15) is 0 Å². The Balaban J connectivity index is 2.13. The van der Waals surface area contributed by atoms with Crippen LogP contribution < -0.4 is 0 Å². The Labute approximate surface area is 122 Å². The molecule has 1 rings (SSSR count). The summed E-state index contributed by atoms with van der Waals surface area (Å²) in [4.78, 5) is 0. The number of halogens is 2. The Morgan fingerprint density at radius 1 is 1.05 bits per heavy atom. The van der Waals surface area contributed by atoms with E-state index in [0.717, 1.165) is 18.8 Å². The Bertz CT molecular complexity index is 251. The first kappa shape index (κ1) is 17.8. The molecule has 0 aromatic rings. The molecule has 0 aromatic heterocycles. The molecule has 0 aliphatic heterocycles. The van der Waals surface area contributed by atoms with Gasteiger partial charge in [-0.25, -0.2) is 8.78 Å². The molecular weight excluding hydrogens is 262 g/mol. The van der Waals surface area contributed by atoms with Gasteiger partial charge in [-0.05, 0) is 25.2 Å². The average molecular weight is 292 g/mol. The highest BCUT2D eigenvalue weighted by Gasteiger charge is 2.40. The van der Waals surface area contributed by atoms with Gasteiger partial charge in [0.1, 0.15) is 0 Å². The summed E-state index contributed by atoms with van der Waals surface area (Å²) in [5.74, 6) is 0.751. The van der Waals surface area contributed by atoms with Crippen molar-refractivity contribution in [2.24, 2.45) is 5.92 Å². The van der Waals surface area contributed by atoms with Crippen LogP contribution in [-0.4, -0.2) is 38.3 Å². The van der Waals surface area contributed by atoms with Crippen LogP contribution >= 0.6 is 0 Å². The molecule has 4 heteroatoms. The maximum Gasteiger partial charge on any atom is 0.160 e. The molecule has 120 valence electrons. The lowest BCUT2D eigenvalue weighted by Crippen LogP contribution is -2.46. The number of ether oxygens (including phenoxy) is 2. The van der Waals surface area contributed by atoms with Gasteiger partial charge in [-0.3, -0.25) is 0 Å². The van der Waals surface area contributed by atoms with Crippen molar-refractivity contribution in [1.82, 2.24) is 0 Å². The maximum atomic E-state index is 13.8. The largest absolute Gasteiger partial charge is 0.378 e. The fourth-order valence-corrected chi connectivity index (χ4v) is 2.95. The van der Waals surface area contributed by atoms with Crippen LogP contribution in [0.5, 0.6) is 0 Å². The first-order chi connectivity index (χ1) is 9.60. The van der Waals surface area contributed by atoms with Crippen LogP contribution in [0, 0.1) is 5.92 Å². The summed E-state index contributed by atoms with van der Waals surface area (Å²) in [6, 6.07) is 0. The predicted molar refractivity (Wildman–Crippen MR) is 77.5 cm³/mol. The molecule has 0 saturated heterocycles. The van der Waals surface area contributed by atoms with Gasteiger partial charge in [0.2, 0.25) is 0 Å². The molecule has 1 aliphatic rings. The fraction of sp³-hybridized carbons (Fsp3) is 1.00. The molecule has 0 heterocycles. The maximum absolute atomic E-state index is 13.8. The van der Waals surface area contributed by atoms with Crippen LogP contribution in [0.15, 0.2) is 0 Å². The van der Waals surface area contributed by atoms with Crippen molar-refractivity contribution >= 4 is 0 Å². The zero-order valence-corrected chi connectivity index (χ0v) is 13.1. The van der Waals surface area contributed by atoms with Crippen molar-refractivity contribution in [2.45, 2.75) is 83.3 Å². The number of hydrogen-bond acceptors (Lipinski definition) is 2. The Kier molecular flexibility index (Phi) is 8.62. The lowest BCUT2D eigenvalue weighted by Gasteiger charge is -2.33. The second kappa shape index (κ2) is 9.67. The van der Waals surface area contributed by atoms with E-state index in [-0.39, 0.29) is 0 Å². The average Bonchev–Trinajstić information content (AvgIpc) is 2.43. The van der Waals surface area contributed by atoms with E-state index in [2.05, 4.69) is 13.8 Å².